The zero-order chi connectivity index (χ0) is 24.5. The van der Waals surface area contributed by atoms with Crippen molar-refractivity contribution in [2.45, 2.75) is 31.1 Å². The van der Waals surface area contributed by atoms with Gasteiger partial charge in [0.05, 0.1) is 19.3 Å². The van der Waals surface area contributed by atoms with E-state index in [9.17, 15) is 19.1 Å². The maximum absolute atomic E-state index is 14.1. The lowest BCUT2D eigenvalue weighted by molar-refractivity contribution is -0.141. The van der Waals surface area contributed by atoms with Crippen LogP contribution in [0.25, 0.3) is 11.1 Å². The molecule has 1 aliphatic heterocycles. The average molecular weight is 540 g/mol. The van der Waals surface area contributed by atoms with Crippen LogP contribution in [0.4, 0.5) is 9.18 Å². The van der Waals surface area contributed by atoms with Gasteiger partial charge in [-0.1, -0.05) is 70.5 Å². The molecule has 1 fully saturated rings. The van der Waals surface area contributed by atoms with Gasteiger partial charge in [0.15, 0.2) is 0 Å². The van der Waals surface area contributed by atoms with E-state index in [1.165, 1.54) is 11.0 Å². The molecule has 180 valence electrons. The third-order valence-corrected chi connectivity index (χ3v) is 7.10. The molecular formula is C27H23BrFNO5. The summed E-state index contributed by atoms with van der Waals surface area (Å²) in [5.74, 6) is -1.66. The number of carboxylic acid groups (broad SMARTS) is 1. The van der Waals surface area contributed by atoms with Gasteiger partial charge in [0.1, 0.15) is 18.5 Å². The van der Waals surface area contributed by atoms with Gasteiger partial charge in [0, 0.05) is 22.4 Å². The molecule has 6 nitrogen and oxygen atoms in total. The summed E-state index contributed by atoms with van der Waals surface area (Å²) in [6.45, 7) is 0.145. The number of likely N-dealkylation sites (tertiary alicyclic amines) is 1. The minimum Gasteiger partial charge on any atom is -0.480 e. The highest BCUT2D eigenvalue weighted by atomic mass is 79.9. The SMILES string of the molecule is O=C(O)[C@@H]1C[C@@H](OCc2ccc(Br)cc2F)CN1C(=O)OCC1c2ccccc2-c2ccccc21. The Morgan fingerprint density at radius 1 is 1.03 bits per heavy atom. The molecule has 2 atom stereocenters. The Morgan fingerprint density at radius 3 is 2.31 bits per heavy atom. The minimum absolute atomic E-state index is 0.0192. The number of hydrogen-bond donors (Lipinski definition) is 1. The van der Waals surface area contributed by atoms with E-state index in [-0.39, 0.29) is 32.1 Å². The van der Waals surface area contributed by atoms with Crippen molar-refractivity contribution in [2.24, 2.45) is 0 Å². The monoisotopic (exact) mass is 539 g/mol. The molecule has 0 bridgehead atoms. The van der Waals surface area contributed by atoms with Crippen LogP contribution >= 0.6 is 15.9 Å². The van der Waals surface area contributed by atoms with Gasteiger partial charge in [-0.2, -0.15) is 0 Å². The zero-order valence-corrected chi connectivity index (χ0v) is 20.3. The van der Waals surface area contributed by atoms with Crippen molar-refractivity contribution in [1.29, 1.82) is 0 Å². The highest BCUT2D eigenvalue weighted by Gasteiger charge is 2.41. The number of carbonyl (C=O) groups excluding carboxylic acids is 1. The predicted octanol–water partition coefficient (Wildman–Crippen LogP) is 5.58. The van der Waals surface area contributed by atoms with Crippen molar-refractivity contribution in [1.82, 2.24) is 4.90 Å². The third-order valence-electron chi connectivity index (χ3n) is 6.61. The molecule has 0 saturated carbocycles. The van der Waals surface area contributed by atoms with E-state index >= 15 is 0 Å². The maximum Gasteiger partial charge on any atom is 0.410 e. The van der Waals surface area contributed by atoms with Crippen molar-refractivity contribution in [3.8, 4) is 11.1 Å². The number of ether oxygens (including phenoxy) is 2. The molecule has 1 N–H and O–H groups in total. The summed E-state index contributed by atoms with van der Waals surface area (Å²) in [5.41, 5.74) is 4.75. The summed E-state index contributed by atoms with van der Waals surface area (Å²) < 4.78 is 26.1. The number of rotatable bonds is 6. The molecule has 8 heteroatoms. The Kier molecular flexibility index (Phi) is 6.58. The van der Waals surface area contributed by atoms with Gasteiger partial charge in [-0.15, -0.1) is 0 Å². The Hall–Kier alpha value is -3.23. The zero-order valence-electron chi connectivity index (χ0n) is 18.7. The summed E-state index contributed by atoms with van der Waals surface area (Å²) in [6.07, 6.45) is -1.13. The number of fused-ring (bicyclic) bond motifs is 3. The average Bonchev–Trinajstić information content (AvgIpc) is 3.42. The van der Waals surface area contributed by atoms with Crippen molar-refractivity contribution < 1.29 is 28.6 Å². The fraction of sp³-hybridized carbons (Fsp3) is 0.259. The molecule has 0 spiro atoms. The van der Waals surface area contributed by atoms with E-state index in [0.29, 0.717) is 10.0 Å². The van der Waals surface area contributed by atoms with Gasteiger partial charge in [-0.3, -0.25) is 4.90 Å². The number of hydrogen-bond acceptors (Lipinski definition) is 4. The quantitative estimate of drug-likeness (QED) is 0.442. The molecule has 1 amide bonds. The first kappa shape index (κ1) is 23.5. The predicted molar refractivity (Wildman–Crippen MR) is 130 cm³/mol. The van der Waals surface area contributed by atoms with E-state index in [4.69, 9.17) is 9.47 Å². The number of nitrogens with zero attached hydrogens (tertiary/aromatic N) is 1. The molecule has 0 unspecified atom stereocenters. The number of amides is 1. The van der Waals surface area contributed by atoms with E-state index in [1.807, 2.05) is 48.5 Å². The van der Waals surface area contributed by atoms with Crippen molar-refractivity contribution >= 4 is 28.0 Å². The van der Waals surface area contributed by atoms with Crippen LogP contribution in [0.1, 0.15) is 29.0 Å². The lowest BCUT2D eigenvalue weighted by Crippen LogP contribution is -2.41. The molecule has 2 aliphatic rings. The fourth-order valence-electron chi connectivity index (χ4n) is 4.88. The van der Waals surface area contributed by atoms with Crippen LogP contribution in [0.5, 0.6) is 0 Å². The molecular weight excluding hydrogens is 517 g/mol. The minimum atomic E-state index is -1.13. The molecule has 0 radical (unpaired) electrons. The second-order valence-electron chi connectivity index (χ2n) is 8.71. The number of carboxylic acids is 1. The van der Waals surface area contributed by atoms with Gasteiger partial charge in [0.2, 0.25) is 0 Å². The van der Waals surface area contributed by atoms with E-state index in [2.05, 4.69) is 15.9 Å². The largest absolute Gasteiger partial charge is 0.480 e. The normalized spacial score (nSPS) is 18.9. The summed E-state index contributed by atoms with van der Waals surface area (Å²) in [5, 5.41) is 9.68. The summed E-state index contributed by atoms with van der Waals surface area (Å²) >= 11 is 3.21. The molecule has 1 aliphatic carbocycles. The van der Waals surface area contributed by atoms with Crippen LogP contribution in [0.2, 0.25) is 0 Å². The lowest BCUT2D eigenvalue weighted by Gasteiger charge is -2.22. The molecule has 5 rings (SSSR count). The number of benzene rings is 3. The topological polar surface area (TPSA) is 76.1 Å². The highest BCUT2D eigenvalue weighted by Crippen LogP contribution is 2.44. The van der Waals surface area contributed by atoms with Crippen molar-refractivity contribution in [3.63, 3.8) is 0 Å². The highest BCUT2D eigenvalue weighted by molar-refractivity contribution is 9.10. The first-order chi connectivity index (χ1) is 16.9. The van der Waals surface area contributed by atoms with Crippen LogP contribution in [-0.2, 0) is 20.9 Å². The molecule has 3 aromatic rings. The summed E-state index contributed by atoms with van der Waals surface area (Å²) in [7, 11) is 0. The van der Waals surface area contributed by atoms with Gasteiger partial charge in [0.25, 0.3) is 0 Å². The van der Waals surface area contributed by atoms with Crippen LogP contribution in [0.3, 0.4) is 0 Å². The van der Waals surface area contributed by atoms with Crippen LogP contribution < -0.4 is 0 Å². The van der Waals surface area contributed by atoms with E-state index in [0.717, 1.165) is 22.3 Å². The second kappa shape index (κ2) is 9.79. The standard InChI is InChI=1S/C27H23BrFNO5/c28-17-10-9-16(24(29)11-17)14-34-18-12-25(26(31)32)30(13-18)27(33)35-15-23-21-7-3-1-5-19(21)20-6-2-4-8-22(20)23/h1-11,18,23,25H,12-15H2,(H,31,32)/t18-,25+/m1/s1. The number of aliphatic carboxylic acids is 1. The van der Waals surface area contributed by atoms with E-state index in [1.54, 1.807) is 12.1 Å². The first-order valence-corrected chi connectivity index (χ1v) is 12.1. The molecule has 1 saturated heterocycles. The van der Waals surface area contributed by atoms with Crippen LogP contribution in [0, 0.1) is 5.82 Å². The fourth-order valence-corrected chi connectivity index (χ4v) is 5.21. The molecule has 35 heavy (non-hydrogen) atoms. The van der Waals surface area contributed by atoms with Crippen molar-refractivity contribution in [2.75, 3.05) is 13.2 Å². The molecule has 0 aromatic heterocycles. The van der Waals surface area contributed by atoms with Gasteiger partial charge in [-0.05, 0) is 34.4 Å². The van der Waals surface area contributed by atoms with Gasteiger partial charge < -0.3 is 14.6 Å². The lowest BCUT2D eigenvalue weighted by atomic mass is 9.98. The van der Waals surface area contributed by atoms with Gasteiger partial charge in [-0.25, -0.2) is 14.0 Å². The second-order valence-corrected chi connectivity index (χ2v) is 9.63. The molecule has 3 aromatic carbocycles. The van der Waals surface area contributed by atoms with E-state index < -0.39 is 30.0 Å². The Bertz CT molecular complexity index is 1240. The third kappa shape index (κ3) is 4.68. The van der Waals surface area contributed by atoms with Crippen LogP contribution in [0.15, 0.2) is 71.2 Å². The summed E-state index contributed by atoms with van der Waals surface area (Å²) in [4.78, 5) is 26.0. The molecule has 1 heterocycles. The van der Waals surface area contributed by atoms with Crippen molar-refractivity contribution in [3.05, 3.63) is 93.7 Å². The van der Waals surface area contributed by atoms with Gasteiger partial charge >= 0.3 is 12.1 Å². The smallest absolute Gasteiger partial charge is 0.410 e. The van der Waals surface area contributed by atoms with Crippen LogP contribution in [-0.4, -0.2) is 47.4 Å². The Morgan fingerprint density at radius 2 is 1.69 bits per heavy atom. The number of carbonyl (C=O) groups is 2. The number of halogens is 2. The maximum atomic E-state index is 14.1. The Balaban J connectivity index is 1.25. The summed E-state index contributed by atoms with van der Waals surface area (Å²) in [6, 6.07) is 19.6. The Labute approximate surface area is 210 Å². The first-order valence-electron chi connectivity index (χ1n) is 11.3.